The quantitative estimate of drug-likeness (QED) is 0.376. The summed E-state index contributed by atoms with van der Waals surface area (Å²) in [4.78, 5) is 18.3. The van der Waals surface area contributed by atoms with Crippen molar-refractivity contribution in [1.29, 1.82) is 0 Å². The van der Waals surface area contributed by atoms with Crippen LogP contribution in [-0.2, 0) is 26.1 Å². The Kier molecular flexibility index (Phi) is 17.5. The molecule has 0 aromatic carbocycles. The van der Waals surface area contributed by atoms with E-state index < -0.39 is 11.9 Å². The first-order valence-electron chi connectivity index (χ1n) is 2.21. The van der Waals surface area contributed by atoms with Gasteiger partial charge < -0.3 is 19.8 Å². The molecule has 0 amide bonds. The van der Waals surface area contributed by atoms with Gasteiger partial charge in [-0.05, 0) is 12.2 Å². The van der Waals surface area contributed by atoms with E-state index in [-0.39, 0.29) is 16.5 Å². The average molecular weight is 201 g/mol. The Bertz CT molecular complexity index is 135. The maximum atomic E-state index is 9.14. The SMILES string of the molecule is C=CC(=O)[O-].C=CC(=O)[O-].[Ni+2]. The zero-order valence-electron chi connectivity index (χ0n) is 5.52. The van der Waals surface area contributed by atoms with Crippen molar-refractivity contribution in [1.82, 2.24) is 0 Å². The summed E-state index contributed by atoms with van der Waals surface area (Å²) in [6.07, 6.45) is 1.44. The molecule has 5 heteroatoms. The molecule has 0 aliphatic rings. The fraction of sp³-hybridized carbons (Fsp3) is 0. The molecule has 0 spiro atoms. The molecule has 0 rings (SSSR count). The molecular weight excluding hydrogens is 195 g/mol. The Morgan fingerprint density at radius 2 is 1.09 bits per heavy atom. The van der Waals surface area contributed by atoms with Gasteiger partial charge in [-0.25, -0.2) is 0 Å². The summed E-state index contributed by atoms with van der Waals surface area (Å²) in [6, 6.07) is 0. The predicted molar refractivity (Wildman–Crippen MR) is 30.4 cm³/mol. The summed E-state index contributed by atoms with van der Waals surface area (Å²) < 4.78 is 0. The van der Waals surface area contributed by atoms with E-state index in [1.165, 1.54) is 0 Å². The Labute approximate surface area is 74.1 Å². The van der Waals surface area contributed by atoms with Crippen molar-refractivity contribution in [3.8, 4) is 0 Å². The second-order valence-corrected chi connectivity index (χ2v) is 1.05. The monoisotopic (exact) mass is 200 g/mol. The minimum atomic E-state index is -1.23. The largest absolute Gasteiger partial charge is 2.00 e. The summed E-state index contributed by atoms with van der Waals surface area (Å²) in [5, 5.41) is 18.3. The van der Waals surface area contributed by atoms with Crippen LogP contribution >= 0.6 is 0 Å². The molecule has 0 heterocycles. The summed E-state index contributed by atoms with van der Waals surface area (Å²) in [5.74, 6) is -2.46. The number of carbonyl (C=O) groups excluding carboxylic acids is 2. The second-order valence-electron chi connectivity index (χ2n) is 1.05. The third kappa shape index (κ3) is 50.2. The molecule has 0 aromatic heterocycles. The summed E-state index contributed by atoms with van der Waals surface area (Å²) >= 11 is 0. The van der Waals surface area contributed by atoms with Gasteiger partial charge in [0.2, 0.25) is 0 Å². The molecule has 0 saturated carbocycles. The van der Waals surface area contributed by atoms with E-state index >= 15 is 0 Å². The molecule has 4 nitrogen and oxygen atoms in total. The van der Waals surface area contributed by atoms with Gasteiger partial charge in [-0.1, -0.05) is 13.2 Å². The Morgan fingerprint density at radius 1 is 1.00 bits per heavy atom. The Balaban J connectivity index is -0.000000107. The van der Waals surface area contributed by atoms with Crippen molar-refractivity contribution in [2.24, 2.45) is 0 Å². The number of carbonyl (C=O) groups is 2. The molecule has 0 aromatic rings. The van der Waals surface area contributed by atoms with E-state index in [1.54, 1.807) is 0 Å². The molecule has 0 unspecified atom stereocenters. The van der Waals surface area contributed by atoms with Gasteiger partial charge in [-0.3, -0.25) is 0 Å². The average Bonchev–Trinajstić information content (AvgIpc) is 1.89. The molecule has 0 saturated heterocycles. The van der Waals surface area contributed by atoms with Crippen LogP contribution in [0, 0.1) is 0 Å². The van der Waals surface area contributed by atoms with E-state index in [2.05, 4.69) is 13.2 Å². The predicted octanol–water partition coefficient (Wildman–Crippen LogP) is -2.16. The molecular formula is C6H6NiO4. The minimum Gasteiger partial charge on any atom is -0.545 e. The van der Waals surface area contributed by atoms with Crippen molar-refractivity contribution in [3.05, 3.63) is 25.3 Å². The Morgan fingerprint density at radius 3 is 1.09 bits per heavy atom. The van der Waals surface area contributed by atoms with Crippen LogP contribution in [-0.4, -0.2) is 11.9 Å². The van der Waals surface area contributed by atoms with Crippen LogP contribution in [0.2, 0.25) is 0 Å². The standard InChI is InChI=1S/2C3H4O2.Ni/c2*1-2-3(4)5;/h2*2H,1H2,(H,4,5);/q;;+2/p-2. The molecule has 0 aliphatic carbocycles. The van der Waals surface area contributed by atoms with Crippen LogP contribution < -0.4 is 10.2 Å². The first kappa shape index (κ1) is 16.5. The number of carboxylic acids is 2. The first-order valence-corrected chi connectivity index (χ1v) is 2.21. The normalized spacial score (nSPS) is 5.82. The zero-order valence-corrected chi connectivity index (χ0v) is 6.51. The van der Waals surface area contributed by atoms with Crippen molar-refractivity contribution in [2.45, 2.75) is 0 Å². The number of hydrogen-bond donors (Lipinski definition) is 0. The smallest absolute Gasteiger partial charge is 0.545 e. The molecule has 64 valence electrons. The second kappa shape index (κ2) is 11.7. The summed E-state index contributed by atoms with van der Waals surface area (Å²) in [7, 11) is 0. The van der Waals surface area contributed by atoms with E-state index in [9.17, 15) is 0 Å². The van der Waals surface area contributed by atoms with Crippen LogP contribution in [0.25, 0.3) is 0 Å². The fourth-order valence-corrected chi connectivity index (χ4v) is 0. The maximum absolute atomic E-state index is 9.14. The molecule has 0 fully saturated rings. The fourth-order valence-electron chi connectivity index (χ4n) is 0. The summed E-state index contributed by atoms with van der Waals surface area (Å²) in [5.41, 5.74) is 0. The van der Waals surface area contributed by atoms with Gasteiger partial charge in [-0.15, -0.1) is 0 Å². The van der Waals surface area contributed by atoms with Crippen LogP contribution in [0.1, 0.15) is 0 Å². The molecule has 0 aliphatic heterocycles. The molecule has 0 N–H and O–H groups in total. The Hall–Kier alpha value is -1.09. The third-order valence-corrected chi connectivity index (χ3v) is 0.333. The van der Waals surface area contributed by atoms with Gasteiger partial charge in [0.15, 0.2) is 0 Å². The molecule has 11 heavy (non-hydrogen) atoms. The number of carboxylic acid groups (broad SMARTS) is 2. The molecule has 0 atom stereocenters. The summed E-state index contributed by atoms with van der Waals surface area (Å²) in [6.45, 7) is 5.80. The van der Waals surface area contributed by atoms with E-state index in [0.29, 0.717) is 0 Å². The van der Waals surface area contributed by atoms with Gasteiger partial charge in [0.05, 0.1) is 11.9 Å². The minimum absolute atomic E-state index is 0. The van der Waals surface area contributed by atoms with E-state index in [1.807, 2.05) is 0 Å². The van der Waals surface area contributed by atoms with Gasteiger partial charge in [0.1, 0.15) is 0 Å². The first-order chi connectivity index (χ1) is 4.54. The van der Waals surface area contributed by atoms with Gasteiger partial charge >= 0.3 is 16.5 Å². The third-order valence-electron chi connectivity index (χ3n) is 0.333. The number of aliphatic carboxylic acids is 2. The molecule has 0 bridgehead atoms. The van der Waals surface area contributed by atoms with Crippen LogP contribution in [0.15, 0.2) is 25.3 Å². The van der Waals surface area contributed by atoms with Crippen molar-refractivity contribution in [2.75, 3.05) is 0 Å². The molecule has 0 radical (unpaired) electrons. The van der Waals surface area contributed by atoms with Crippen molar-refractivity contribution in [3.63, 3.8) is 0 Å². The van der Waals surface area contributed by atoms with Gasteiger partial charge in [0.25, 0.3) is 0 Å². The van der Waals surface area contributed by atoms with Crippen molar-refractivity contribution < 1.29 is 36.3 Å². The van der Waals surface area contributed by atoms with Crippen LogP contribution in [0.3, 0.4) is 0 Å². The van der Waals surface area contributed by atoms with Crippen LogP contribution in [0.5, 0.6) is 0 Å². The van der Waals surface area contributed by atoms with E-state index in [4.69, 9.17) is 19.8 Å². The van der Waals surface area contributed by atoms with E-state index in [0.717, 1.165) is 12.2 Å². The maximum Gasteiger partial charge on any atom is 2.00 e. The van der Waals surface area contributed by atoms with Gasteiger partial charge in [0, 0.05) is 0 Å². The van der Waals surface area contributed by atoms with Crippen molar-refractivity contribution >= 4 is 11.9 Å². The zero-order chi connectivity index (χ0) is 8.57. The topological polar surface area (TPSA) is 80.3 Å². The van der Waals surface area contributed by atoms with Gasteiger partial charge in [-0.2, -0.15) is 0 Å². The number of hydrogen-bond acceptors (Lipinski definition) is 4. The number of rotatable bonds is 2. The van der Waals surface area contributed by atoms with Crippen LogP contribution in [0.4, 0.5) is 0 Å².